The summed E-state index contributed by atoms with van der Waals surface area (Å²) in [4.78, 5) is 0. The van der Waals surface area contributed by atoms with Gasteiger partial charge in [-0.3, -0.25) is 0 Å². The zero-order valence-electron chi connectivity index (χ0n) is 11.3. The maximum atomic E-state index is 13.8. The lowest BCUT2D eigenvalue weighted by atomic mass is 10.1. The molecule has 2 rings (SSSR count). The fraction of sp³-hybridized carbons (Fsp3) is 0.188. The van der Waals surface area contributed by atoms with Gasteiger partial charge in [0.1, 0.15) is 12.4 Å². The fourth-order valence-corrected chi connectivity index (χ4v) is 1.97. The van der Waals surface area contributed by atoms with Crippen LogP contribution >= 0.6 is 0 Å². The number of rotatable bonds is 5. The van der Waals surface area contributed by atoms with Crippen LogP contribution in [0.25, 0.3) is 0 Å². The summed E-state index contributed by atoms with van der Waals surface area (Å²) in [5.41, 5.74) is 6.64. The van der Waals surface area contributed by atoms with E-state index in [1.165, 1.54) is 24.3 Å². The third-order valence-electron chi connectivity index (χ3n) is 3.01. The third kappa shape index (κ3) is 3.56. The van der Waals surface area contributed by atoms with E-state index < -0.39 is 11.6 Å². The van der Waals surface area contributed by atoms with Gasteiger partial charge in [-0.15, -0.1) is 0 Å². The highest BCUT2D eigenvalue weighted by Crippen LogP contribution is 2.24. The summed E-state index contributed by atoms with van der Waals surface area (Å²) in [6.07, 6.45) is 0.466. The molecular formula is C16H14F2N2O. The van der Waals surface area contributed by atoms with Crippen molar-refractivity contribution in [3.63, 3.8) is 0 Å². The van der Waals surface area contributed by atoms with E-state index >= 15 is 0 Å². The van der Waals surface area contributed by atoms with E-state index in [0.717, 1.165) is 0 Å². The molecule has 2 N–H and O–H groups in total. The van der Waals surface area contributed by atoms with Crippen LogP contribution in [0.15, 0.2) is 36.4 Å². The smallest absolute Gasteiger partial charge is 0.165 e. The molecule has 2 aromatic carbocycles. The Morgan fingerprint density at radius 2 is 1.90 bits per heavy atom. The number of nitrogens with zero attached hydrogens (tertiary/aromatic N) is 1. The van der Waals surface area contributed by atoms with Crippen molar-refractivity contribution in [3.05, 3.63) is 64.7 Å². The van der Waals surface area contributed by atoms with Crippen LogP contribution in [0.4, 0.5) is 8.78 Å². The molecule has 0 heterocycles. The molecule has 0 amide bonds. The molecule has 0 spiro atoms. The largest absolute Gasteiger partial charge is 0.485 e. The Hall–Kier alpha value is -2.45. The number of para-hydroxylation sites is 1. The molecule has 0 bridgehead atoms. The Labute approximate surface area is 121 Å². The monoisotopic (exact) mass is 288 g/mol. The molecule has 0 radical (unpaired) electrons. The van der Waals surface area contributed by atoms with Crippen molar-refractivity contribution in [3.8, 4) is 11.8 Å². The average molecular weight is 288 g/mol. The molecule has 0 aliphatic carbocycles. The van der Waals surface area contributed by atoms with Gasteiger partial charge in [0.05, 0.1) is 11.6 Å². The van der Waals surface area contributed by atoms with Crippen molar-refractivity contribution in [2.24, 2.45) is 5.73 Å². The Morgan fingerprint density at radius 3 is 2.62 bits per heavy atom. The second-order valence-corrected chi connectivity index (χ2v) is 4.47. The second-order valence-electron chi connectivity index (χ2n) is 4.47. The van der Waals surface area contributed by atoms with Gasteiger partial charge in [-0.25, -0.2) is 8.78 Å². The van der Waals surface area contributed by atoms with Crippen LogP contribution in [0.5, 0.6) is 5.75 Å². The predicted octanol–water partition coefficient (Wildman–Crippen LogP) is 2.92. The number of halogens is 2. The van der Waals surface area contributed by atoms with Crippen molar-refractivity contribution < 1.29 is 13.5 Å². The van der Waals surface area contributed by atoms with E-state index in [-0.39, 0.29) is 17.9 Å². The molecular weight excluding hydrogens is 274 g/mol. The van der Waals surface area contributed by atoms with Gasteiger partial charge in [0.15, 0.2) is 11.6 Å². The zero-order chi connectivity index (χ0) is 15.2. The van der Waals surface area contributed by atoms with Crippen LogP contribution in [0, 0.1) is 23.0 Å². The summed E-state index contributed by atoms with van der Waals surface area (Å²) < 4.78 is 32.9. The van der Waals surface area contributed by atoms with Gasteiger partial charge in [0.25, 0.3) is 0 Å². The first-order chi connectivity index (χ1) is 10.2. The minimum atomic E-state index is -0.516. The van der Waals surface area contributed by atoms with E-state index in [1.807, 2.05) is 6.07 Å². The number of ether oxygens (including phenoxy) is 1. The highest BCUT2D eigenvalue weighted by molar-refractivity contribution is 5.37. The van der Waals surface area contributed by atoms with Crippen LogP contribution in [-0.4, -0.2) is 6.54 Å². The summed E-state index contributed by atoms with van der Waals surface area (Å²) in [5.74, 6) is -0.937. The maximum absolute atomic E-state index is 13.8. The molecule has 0 aliphatic rings. The minimum absolute atomic E-state index is 0.0738. The van der Waals surface area contributed by atoms with Gasteiger partial charge in [-0.1, -0.05) is 12.1 Å². The van der Waals surface area contributed by atoms with E-state index in [0.29, 0.717) is 24.1 Å². The standard InChI is InChI=1S/C16H14F2N2O/c17-14-5-4-11(9-20)8-13(14)10-21-16-12(6-7-19)2-1-3-15(16)18/h1-5,8H,6-7,10,19H2. The van der Waals surface area contributed by atoms with Gasteiger partial charge in [-0.05, 0) is 42.8 Å². The molecule has 0 aromatic heterocycles. The number of hydrogen-bond acceptors (Lipinski definition) is 3. The molecule has 108 valence electrons. The lowest BCUT2D eigenvalue weighted by molar-refractivity contribution is 0.281. The topological polar surface area (TPSA) is 59.0 Å². The van der Waals surface area contributed by atoms with Gasteiger partial charge < -0.3 is 10.5 Å². The van der Waals surface area contributed by atoms with Crippen LogP contribution in [0.2, 0.25) is 0 Å². The molecule has 0 fully saturated rings. The van der Waals surface area contributed by atoms with Crippen molar-refractivity contribution >= 4 is 0 Å². The van der Waals surface area contributed by atoms with Crippen LogP contribution in [-0.2, 0) is 13.0 Å². The normalized spacial score (nSPS) is 10.2. The lowest BCUT2D eigenvalue weighted by Crippen LogP contribution is -2.07. The Kier molecular flexibility index (Phi) is 4.85. The van der Waals surface area contributed by atoms with E-state index in [1.54, 1.807) is 12.1 Å². The number of hydrogen-bond donors (Lipinski definition) is 1. The van der Waals surface area contributed by atoms with Gasteiger partial charge in [0.2, 0.25) is 0 Å². The van der Waals surface area contributed by atoms with Crippen molar-refractivity contribution in [2.75, 3.05) is 6.54 Å². The molecule has 0 unspecified atom stereocenters. The van der Waals surface area contributed by atoms with Gasteiger partial charge in [0, 0.05) is 5.56 Å². The first-order valence-corrected chi connectivity index (χ1v) is 6.44. The number of nitrogens with two attached hydrogens (primary N) is 1. The molecule has 0 atom stereocenters. The zero-order valence-corrected chi connectivity index (χ0v) is 11.3. The Bertz CT molecular complexity index is 680. The number of nitriles is 1. The highest BCUT2D eigenvalue weighted by Gasteiger charge is 2.11. The van der Waals surface area contributed by atoms with Crippen LogP contribution < -0.4 is 10.5 Å². The third-order valence-corrected chi connectivity index (χ3v) is 3.01. The summed E-state index contributed by atoms with van der Waals surface area (Å²) in [6.45, 7) is 0.206. The first-order valence-electron chi connectivity index (χ1n) is 6.44. The van der Waals surface area contributed by atoms with E-state index in [4.69, 9.17) is 15.7 Å². The molecule has 2 aromatic rings. The summed E-state index contributed by atoms with van der Waals surface area (Å²) in [7, 11) is 0. The lowest BCUT2D eigenvalue weighted by Gasteiger charge is -2.12. The maximum Gasteiger partial charge on any atom is 0.165 e. The SMILES string of the molecule is N#Cc1ccc(F)c(COc2c(F)cccc2CCN)c1. The average Bonchev–Trinajstić information content (AvgIpc) is 2.48. The van der Waals surface area contributed by atoms with E-state index in [2.05, 4.69) is 0 Å². The second kappa shape index (κ2) is 6.82. The Morgan fingerprint density at radius 1 is 1.10 bits per heavy atom. The first kappa shape index (κ1) is 14.9. The van der Waals surface area contributed by atoms with Crippen molar-refractivity contribution in [1.82, 2.24) is 0 Å². The quantitative estimate of drug-likeness (QED) is 0.920. The molecule has 0 saturated carbocycles. The molecule has 3 nitrogen and oxygen atoms in total. The summed E-state index contributed by atoms with van der Waals surface area (Å²) in [5, 5.41) is 8.81. The molecule has 5 heteroatoms. The summed E-state index contributed by atoms with van der Waals surface area (Å²) in [6, 6.07) is 10.4. The van der Waals surface area contributed by atoms with Crippen molar-refractivity contribution in [1.29, 1.82) is 5.26 Å². The van der Waals surface area contributed by atoms with Crippen molar-refractivity contribution in [2.45, 2.75) is 13.0 Å². The molecule has 21 heavy (non-hydrogen) atoms. The number of benzene rings is 2. The minimum Gasteiger partial charge on any atom is -0.485 e. The fourth-order valence-electron chi connectivity index (χ4n) is 1.97. The van der Waals surface area contributed by atoms with Crippen LogP contribution in [0.3, 0.4) is 0 Å². The Balaban J connectivity index is 2.22. The van der Waals surface area contributed by atoms with E-state index in [9.17, 15) is 8.78 Å². The molecule has 0 aliphatic heterocycles. The highest BCUT2D eigenvalue weighted by atomic mass is 19.1. The van der Waals surface area contributed by atoms with Gasteiger partial charge in [-0.2, -0.15) is 5.26 Å². The molecule has 0 saturated heterocycles. The van der Waals surface area contributed by atoms with Gasteiger partial charge >= 0.3 is 0 Å². The summed E-state index contributed by atoms with van der Waals surface area (Å²) >= 11 is 0. The van der Waals surface area contributed by atoms with Crippen LogP contribution in [0.1, 0.15) is 16.7 Å². The predicted molar refractivity (Wildman–Crippen MR) is 74.6 cm³/mol.